The molecule has 0 saturated carbocycles. The first kappa shape index (κ1) is 26.3. The number of halogens is 8. The monoisotopic (exact) mass is 510 g/mol. The molecule has 11 heteroatoms. The molecule has 1 saturated heterocycles. The van der Waals surface area contributed by atoms with Crippen molar-refractivity contribution in [1.82, 2.24) is 9.80 Å². The van der Waals surface area contributed by atoms with Gasteiger partial charge in [0, 0.05) is 13.6 Å². The minimum Gasteiger partial charge on any atom is -0.344 e. The first-order valence-corrected chi connectivity index (χ1v) is 10.9. The van der Waals surface area contributed by atoms with Gasteiger partial charge in [0.15, 0.2) is 0 Å². The van der Waals surface area contributed by atoms with Gasteiger partial charge in [0.1, 0.15) is 11.9 Å². The largest absolute Gasteiger partial charge is 0.416 e. The maximum absolute atomic E-state index is 13.6. The van der Waals surface area contributed by atoms with E-state index in [0.29, 0.717) is 30.8 Å². The number of likely N-dealkylation sites (N-methyl/N-ethyl adjacent to an activating group) is 1. The van der Waals surface area contributed by atoms with Crippen molar-refractivity contribution in [3.8, 4) is 0 Å². The summed E-state index contributed by atoms with van der Waals surface area (Å²) in [4.78, 5) is 16.4. The number of rotatable bonds is 6. The van der Waals surface area contributed by atoms with Crippen LogP contribution in [0.5, 0.6) is 0 Å². The zero-order chi connectivity index (χ0) is 25.3. The van der Waals surface area contributed by atoms with Crippen LogP contribution in [0.1, 0.15) is 41.1 Å². The number of likely N-dealkylation sites (tertiary alicyclic amines) is 1. The standard InChI is InChI=1S/C23H22ClF7N2O/c1-32(9-6-14-10-16(22(26,27)28)13-17(11-14)23(29,30)31)21(34)20(33-7-2-3-8-33)15-4-5-19(25)18(24)12-15/h4-5,10-13,20H,2-3,6-9H2,1H3. The molecule has 0 aliphatic carbocycles. The zero-order valence-electron chi connectivity index (χ0n) is 18.1. The molecule has 1 fully saturated rings. The lowest BCUT2D eigenvalue weighted by atomic mass is 10.0. The molecule has 2 aromatic carbocycles. The molecule has 0 aromatic heterocycles. The van der Waals surface area contributed by atoms with Crippen LogP contribution in [-0.2, 0) is 23.6 Å². The van der Waals surface area contributed by atoms with Gasteiger partial charge >= 0.3 is 12.4 Å². The number of amides is 1. The summed E-state index contributed by atoms with van der Waals surface area (Å²) in [5.41, 5.74) is -2.53. The molecule has 3 rings (SSSR count). The van der Waals surface area contributed by atoms with E-state index in [1.54, 1.807) is 0 Å². The quantitative estimate of drug-likeness (QED) is 0.423. The molecule has 1 amide bonds. The van der Waals surface area contributed by atoms with Gasteiger partial charge in [-0.25, -0.2) is 4.39 Å². The van der Waals surface area contributed by atoms with Crippen molar-refractivity contribution in [1.29, 1.82) is 0 Å². The Morgan fingerprint density at radius 1 is 1.00 bits per heavy atom. The Morgan fingerprint density at radius 2 is 1.56 bits per heavy atom. The van der Waals surface area contributed by atoms with Gasteiger partial charge in [-0.3, -0.25) is 9.69 Å². The van der Waals surface area contributed by atoms with Crippen LogP contribution in [0.3, 0.4) is 0 Å². The van der Waals surface area contributed by atoms with Crippen molar-refractivity contribution in [3.05, 3.63) is 69.5 Å². The summed E-state index contributed by atoms with van der Waals surface area (Å²) < 4.78 is 92.3. The minimum atomic E-state index is -4.94. The number of nitrogens with zero attached hydrogens (tertiary/aromatic N) is 2. The highest BCUT2D eigenvalue weighted by Gasteiger charge is 2.37. The molecule has 0 bridgehead atoms. The molecule has 1 aliphatic heterocycles. The lowest BCUT2D eigenvalue weighted by Gasteiger charge is -2.31. The Hall–Kier alpha value is -2.33. The van der Waals surface area contributed by atoms with E-state index in [9.17, 15) is 35.5 Å². The molecular weight excluding hydrogens is 489 g/mol. The van der Waals surface area contributed by atoms with Gasteiger partial charge in [-0.1, -0.05) is 17.7 Å². The number of hydrogen-bond acceptors (Lipinski definition) is 2. The molecule has 0 spiro atoms. The number of carbonyl (C=O) groups is 1. The van der Waals surface area contributed by atoms with E-state index in [4.69, 9.17) is 11.6 Å². The maximum atomic E-state index is 13.6. The SMILES string of the molecule is CN(CCc1cc(C(F)(F)F)cc(C(F)(F)F)c1)C(=O)C(c1ccc(F)c(Cl)c1)N1CCCC1. The predicted molar refractivity (Wildman–Crippen MR) is 113 cm³/mol. The zero-order valence-corrected chi connectivity index (χ0v) is 18.9. The van der Waals surface area contributed by atoms with Crippen LogP contribution < -0.4 is 0 Å². The van der Waals surface area contributed by atoms with Gasteiger partial charge in [-0.05, 0) is 73.8 Å². The van der Waals surface area contributed by atoms with Crippen molar-refractivity contribution < 1.29 is 35.5 Å². The summed E-state index contributed by atoms with van der Waals surface area (Å²) in [5.74, 6) is -1.05. The van der Waals surface area contributed by atoms with Crippen molar-refractivity contribution >= 4 is 17.5 Å². The summed E-state index contributed by atoms with van der Waals surface area (Å²) in [6.45, 7) is 1.11. The summed E-state index contributed by atoms with van der Waals surface area (Å²) in [7, 11) is 1.43. The molecule has 186 valence electrons. The predicted octanol–water partition coefficient (Wildman–Crippen LogP) is 6.35. The van der Waals surface area contributed by atoms with Crippen molar-refractivity contribution in [2.24, 2.45) is 0 Å². The number of hydrogen-bond donors (Lipinski definition) is 0. The van der Waals surface area contributed by atoms with Crippen LogP contribution in [0.4, 0.5) is 30.7 Å². The molecule has 34 heavy (non-hydrogen) atoms. The average Bonchev–Trinajstić information content (AvgIpc) is 3.27. The molecule has 0 radical (unpaired) electrons. The van der Waals surface area contributed by atoms with E-state index in [2.05, 4.69) is 0 Å². The second-order valence-electron chi connectivity index (χ2n) is 8.24. The topological polar surface area (TPSA) is 23.6 Å². The molecular formula is C23H22ClF7N2O. The van der Waals surface area contributed by atoms with Crippen LogP contribution in [0.25, 0.3) is 0 Å². The van der Waals surface area contributed by atoms with Gasteiger partial charge in [-0.15, -0.1) is 0 Å². The molecule has 1 atom stereocenters. The molecule has 1 aliphatic rings. The fraction of sp³-hybridized carbons (Fsp3) is 0.435. The van der Waals surface area contributed by atoms with E-state index in [-0.39, 0.29) is 29.6 Å². The molecule has 1 heterocycles. The molecule has 2 aromatic rings. The maximum Gasteiger partial charge on any atom is 0.416 e. The lowest BCUT2D eigenvalue weighted by Crippen LogP contribution is -2.41. The smallest absolute Gasteiger partial charge is 0.344 e. The highest BCUT2D eigenvalue weighted by Crippen LogP contribution is 2.36. The van der Waals surface area contributed by atoms with E-state index < -0.39 is 41.2 Å². The van der Waals surface area contributed by atoms with Crippen LogP contribution in [0, 0.1) is 5.82 Å². The third-order valence-corrected chi connectivity index (χ3v) is 6.05. The number of alkyl halides is 6. The van der Waals surface area contributed by atoms with Gasteiger partial charge in [-0.2, -0.15) is 26.3 Å². The normalized spacial score (nSPS) is 16.0. The van der Waals surface area contributed by atoms with Crippen LogP contribution in [-0.4, -0.2) is 42.4 Å². The Morgan fingerprint density at radius 3 is 2.06 bits per heavy atom. The summed E-state index contributed by atoms with van der Waals surface area (Å²) in [6.07, 6.45) is -8.40. The Bertz CT molecular complexity index is 1000. The van der Waals surface area contributed by atoms with Crippen LogP contribution in [0.15, 0.2) is 36.4 Å². The third-order valence-electron chi connectivity index (χ3n) is 5.76. The Balaban J connectivity index is 1.82. The van der Waals surface area contributed by atoms with Crippen molar-refractivity contribution in [3.63, 3.8) is 0 Å². The van der Waals surface area contributed by atoms with E-state index in [0.717, 1.165) is 18.9 Å². The molecule has 0 N–H and O–H groups in total. The lowest BCUT2D eigenvalue weighted by molar-refractivity contribution is -0.143. The third kappa shape index (κ3) is 6.21. The van der Waals surface area contributed by atoms with Crippen LogP contribution >= 0.6 is 11.6 Å². The average molecular weight is 511 g/mol. The second kappa shape index (κ2) is 10.1. The van der Waals surface area contributed by atoms with Gasteiger partial charge < -0.3 is 4.90 Å². The Kier molecular flexibility index (Phi) is 7.82. The first-order valence-electron chi connectivity index (χ1n) is 10.5. The van der Waals surface area contributed by atoms with E-state index in [1.165, 1.54) is 24.1 Å². The van der Waals surface area contributed by atoms with Crippen molar-refractivity contribution in [2.45, 2.75) is 37.7 Å². The summed E-state index contributed by atoms with van der Waals surface area (Å²) in [5, 5.41) is -0.152. The van der Waals surface area contributed by atoms with Gasteiger partial charge in [0.25, 0.3) is 0 Å². The summed E-state index contributed by atoms with van der Waals surface area (Å²) >= 11 is 5.89. The van der Waals surface area contributed by atoms with Crippen molar-refractivity contribution in [2.75, 3.05) is 26.7 Å². The van der Waals surface area contributed by atoms with E-state index in [1.807, 2.05) is 4.90 Å². The first-order chi connectivity index (χ1) is 15.8. The summed E-state index contributed by atoms with van der Waals surface area (Å²) in [6, 6.07) is 4.54. The molecule has 1 unspecified atom stereocenters. The van der Waals surface area contributed by atoms with Crippen LogP contribution in [0.2, 0.25) is 5.02 Å². The second-order valence-corrected chi connectivity index (χ2v) is 8.65. The highest BCUT2D eigenvalue weighted by molar-refractivity contribution is 6.30. The molecule has 3 nitrogen and oxygen atoms in total. The minimum absolute atomic E-state index is 0.0695. The fourth-order valence-corrected chi connectivity index (χ4v) is 4.16. The number of benzene rings is 2. The highest BCUT2D eigenvalue weighted by atomic mass is 35.5. The van der Waals surface area contributed by atoms with Gasteiger partial charge in [0.2, 0.25) is 5.91 Å². The van der Waals surface area contributed by atoms with Gasteiger partial charge in [0.05, 0.1) is 16.1 Å². The fourth-order valence-electron chi connectivity index (χ4n) is 3.97. The number of carbonyl (C=O) groups excluding carboxylic acids is 1. The van der Waals surface area contributed by atoms with E-state index >= 15 is 0 Å². The Labute approximate surface area is 197 Å².